The standard InChI is InChI=1S/C47H33NO/c1-47(2)39-23-12-10-21-36(39)44-40(47)24-14-25-41(44)48(31-16-4-3-5-17-31)42-28-27-35(46-45(42)37-22-11-13-26-43(37)49-46)38-29-30-15-6-7-18-32(30)33-19-8-9-20-34(33)38/h3-29H,1-2H3. The van der Waals surface area contributed by atoms with Crippen molar-refractivity contribution in [1.82, 2.24) is 0 Å². The van der Waals surface area contributed by atoms with E-state index in [2.05, 4.69) is 183 Å². The molecule has 0 amide bonds. The second-order valence-electron chi connectivity index (χ2n) is 13.7. The van der Waals surface area contributed by atoms with E-state index < -0.39 is 0 Å². The number of hydrogen-bond acceptors (Lipinski definition) is 2. The lowest BCUT2D eigenvalue weighted by atomic mass is 9.82. The minimum atomic E-state index is -0.108. The van der Waals surface area contributed by atoms with Crippen LogP contribution in [0.15, 0.2) is 168 Å². The smallest absolute Gasteiger partial charge is 0.145 e. The van der Waals surface area contributed by atoms with Crippen LogP contribution in [0.3, 0.4) is 0 Å². The molecular formula is C47H33NO. The summed E-state index contributed by atoms with van der Waals surface area (Å²) in [5.41, 5.74) is 12.6. The Kier molecular flexibility index (Phi) is 5.95. The van der Waals surface area contributed by atoms with E-state index >= 15 is 0 Å². The summed E-state index contributed by atoms with van der Waals surface area (Å²) in [7, 11) is 0. The van der Waals surface area contributed by atoms with E-state index in [0.717, 1.165) is 44.6 Å². The number of para-hydroxylation sites is 2. The highest BCUT2D eigenvalue weighted by Gasteiger charge is 2.38. The minimum absolute atomic E-state index is 0.108. The van der Waals surface area contributed by atoms with Gasteiger partial charge in [0.25, 0.3) is 0 Å². The fourth-order valence-corrected chi connectivity index (χ4v) is 8.39. The molecule has 0 saturated carbocycles. The summed E-state index contributed by atoms with van der Waals surface area (Å²) in [6.45, 7) is 4.69. The zero-order valence-corrected chi connectivity index (χ0v) is 27.4. The van der Waals surface area contributed by atoms with Crippen LogP contribution in [-0.2, 0) is 5.41 Å². The summed E-state index contributed by atoms with van der Waals surface area (Å²) in [5.74, 6) is 0. The van der Waals surface area contributed by atoms with Crippen LogP contribution in [0.25, 0.3) is 65.7 Å². The first-order valence-electron chi connectivity index (χ1n) is 17.0. The van der Waals surface area contributed by atoms with Crippen molar-refractivity contribution >= 4 is 60.5 Å². The maximum absolute atomic E-state index is 6.92. The molecular weight excluding hydrogens is 595 g/mol. The van der Waals surface area contributed by atoms with Crippen LogP contribution in [0.2, 0.25) is 0 Å². The van der Waals surface area contributed by atoms with Gasteiger partial charge < -0.3 is 9.32 Å². The lowest BCUT2D eigenvalue weighted by Gasteiger charge is -2.29. The molecule has 1 aliphatic rings. The highest BCUT2D eigenvalue weighted by Crippen LogP contribution is 2.55. The maximum Gasteiger partial charge on any atom is 0.145 e. The van der Waals surface area contributed by atoms with E-state index in [-0.39, 0.29) is 5.41 Å². The zero-order chi connectivity index (χ0) is 32.7. The monoisotopic (exact) mass is 627 g/mol. The quantitative estimate of drug-likeness (QED) is 0.181. The van der Waals surface area contributed by atoms with Crippen LogP contribution in [0.4, 0.5) is 17.1 Å². The van der Waals surface area contributed by atoms with Crippen molar-refractivity contribution in [3.63, 3.8) is 0 Å². The Morgan fingerprint density at radius 1 is 0.469 bits per heavy atom. The van der Waals surface area contributed by atoms with E-state index in [9.17, 15) is 0 Å². The normalized spacial score (nSPS) is 13.3. The second-order valence-corrected chi connectivity index (χ2v) is 13.7. The molecule has 1 aliphatic carbocycles. The molecule has 1 heterocycles. The van der Waals surface area contributed by atoms with E-state index in [0.29, 0.717) is 0 Å². The van der Waals surface area contributed by atoms with E-state index in [4.69, 9.17) is 4.42 Å². The summed E-state index contributed by atoms with van der Waals surface area (Å²) in [4.78, 5) is 2.45. The van der Waals surface area contributed by atoms with E-state index in [1.165, 1.54) is 49.4 Å². The van der Waals surface area contributed by atoms with Crippen molar-refractivity contribution in [1.29, 1.82) is 0 Å². The van der Waals surface area contributed by atoms with Gasteiger partial charge in [-0.1, -0.05) is 135 Å². The van der Waals surface area contributed by atoms with Crippen molar-refractivity contribution in [2.75, 3.05) is 4.90 Å². The van der Waals surface area contributed by atoms with Gasteiger partial charge in [0.1, 0.15) is 11.2 Å². The number of anilines is 3. The first kappa shape index (κ1) is 27.9. The number of furan rings is 1. The average molecular weight is 628 g/mol. The van der Waals surface area contributed by atoms with E-state index in [1.54, 1.807) is 0 Å². The Morgan fingerprint density at radius 2 is 1.14 bits per heavy atom. The molecule has 0 N–H and O–H groups in total. The molecule has 232 valence electrons. The van der Waals surface area contributed by atoms with Gasteiger partial charge in [0, 0.05) is 27.6 Å². The molecule has 2 nitrogen and oxygen atoms in total. The van der Waals surface area contributed by atoms with Gasteiger partial charge in [0.2, 0.25) is 0 Å². The van der Waals surface area contributed by atoms with Crippen LogP contribution in [0, 0.1) is 0 Å². The summed E-state index contributed by atoms with van der Waals surface area (Å²) >= 11 is 0. The third-order valence-electron chi connectivity index (χ3n) is 10.6. The van der Waals surface area contributed by atoms with Gasteiger partial charge >= 0.3 is 0 Å². The van der Waals surface area contributed by atoms with Gasteiger partial charge in [-0.3, -0.25) is 0 Å². The fraction of sp³-hybridized carbons (Fsp3) is 0.0638. The highest BCUT2D eigenvalue weighted by atomic mass is 16.3. The average Bonchev–Trinajstić information content (AvgIpc) is 3.65. The molecule has 1 aromatic heterocycles. The van der Waals surface area contributed by atoms with Gasteiger partial charge in [0.05, 0.1) is 16.8 Å². The van der Waals surface area contributed by atoms with Crippen molar-refractivity contribution in [2.45, 2.75) is 19.3 Å². The third kappa shape index (κ3) is 4.01. The van der Waals surface area contributed by atoms with Gasteiger partial charge in [-0.05, 0) is 86.3 Å². The van der Waals surface area contributed by atoms with Gasteiger partial charge in [-0.15, -0.1) is 0 Å². The molecule has 8 aromatic carbocycles. The molecule has 0 atom stereocenters. The number of benzene rings is 8. The Labute approximate surface area is 285 Å². The topological polar surface area (TPSA) is 16.4 Å². The Hall–Kier alpha value is -6.12. The number of nitrogens with zero attached hydrogens (tertiary/aromatic N) is 1. The van der Waals surface area contributed by atoms with Crippen molar-refractivity contribution in [3.05, 3.63) is 175 Å². The largest absolute Gasteiger partial charge is 0.455 e. The minimum Gasteiger partial charge on any atom is -0.455 e. The summed E-state index contributed by atoms with van der Waals surface area (Å²) in [6, 6.07) is 59.3. The van der Waals surface area contributed by atoms with Crippen LogP contribution in [0.1, 0.15) is 25.0 Å². The summed E-state index contributed by atoms with van der Waals surface area (Å²) in [5, 5.41) is 7.16. The second kappa shape index (κ2) is 10.4. The van der Waals surface area contributed by atoms with Gasteiger partial charge in [-0.25, -0.2) is 0 Å². The molecule has 0 bridgehead atoms. The predicted octanol–water partition coefficient (Wildman–Crippen LogP) is 13.3. The molecule has 2 heteroatoms. The summed E-state index contributed by atoms with van der Waals surface area (Å²) in [6.07, 6.45) is 0. The maximum atomic E-state index is 6.92. The van der Waals surface area contributed by atoms with Crippen molar-refractivity contribution < 1.29 is 4.42 Å². The van der Waals surface area contributed by atoms with E-state index in [1.807, 2.05) is 0 Å². The highest BCUT2D eigenvalue weighted by molar-refractivity contribution is 6.21. The SMILES string of the molecule is CC1(C)c2ccccc2-c2c(N(c3ccccc3)c3ccc(-c4cc5ccccc5c5ccccc45)c4oc5ccccc5c34)cccc21. The van der Waals surface area contributed by atoms with Crippen molar-refractivity contribution in [3.8, 4) is 22.3 Å². The number of hydrogen-bond donors (Lipinski definition) is 0. The molecule has 9 aromatic rings. The lowest BCUT2D eigenvalue weighted by Crippen LogP contribution is -2.16. The Bertz CT molecular complexity index is 2750. The van der Waals surface area contributed by atoms with Crippen LogP contribution >= 0.6 is 0 Å². The molecule has 0 aliphatic heterocycles. The lowest BCUT2D eigenvalue weighted by molar-refractivity contribution is 0.660. The first-order valence-corrected chi connectivity index (χ1v) is 17.0. The molecule has 0 saturated heterocycles. The third-order valence-corrected chi connectivity index (χ3v) is 10.6. The molecule has 0 unspecified atom stereocenters. The predicted molar refractivity (Wildman–Crippen MR) is 206 cm³/mol. The van der Waals surface area contributed by atoms with Gasteiger partial charge in [0.15, 0.2) is 0 Å². The molecule has 0 spiro atoms. The zero-order valence-electron chi connectivity index (χ0n) is 27.4. The molecule has 0 radical (unpaired) electrons. The Morgan fingerprint density at radius 3 is 2.00 bits per heavy atom. The van der Waals surface area contributed by atoms with Crippen molar-refractivity contribution in [2.24, 2.45) is 0 Å². The molecule has 10 rings (SSSR count). The van der Waals surface area contributed by atoms with Crippen LogP contribution in [-0.4, -0.2) is 0 Å². The van der Waals surface area contributed by atoms with Gasteiger partial charge in [-0.2, -0.15) is 0 Å². The first-order chi connectivity index (χ1) is 24.1. The van der Waals surface area contributed by atoms with Crippen LogP contribution < -0.4 is 4.90 Å². The number of rotatable bonds is 4. The number of fused-ring (bicyclic) bond motifs is 9. The fourth-order valence-electron chi connectivity index (χ4n) is 8.39. The summed E-state index contributed by atoms with van der Waals surface area (Å²) < 4.78 is 6.92. The molecule has 0 fully saturated rings. The molecule has 49 heavy (non-hydrogen) atoms. The van der Waals surface area contributed by atoms with Crippen LogP contribution in [0.5, 0.6) is 0 Å². The Balaban J connectivity index is 1.31.